The van der Waals surface area contributed by atoms with Gasteiger partial charge in [0.2, 0.25) is 5.88 Å². The highest BCUT2D eigenvalue weighted by molar-refractivity contribution is 5.45. The number of nitrogens with zero attached hydrogens (tertiary/aromatic N) is 2. The zero-order valence-electron chi connectivity index (χ0n) is 11.9. The number of anilines is 2. The van der Waals surface area contributed by atoms with Crippen LogP contribution in [0.5, 0.6) is 5.88 Å². The predicted molar refractivity (Wildman–Crippen MR) is 81.1 cm³/mol. The molecule has 0 spiro atoms. The van der Waals surface area contributed by atoms with Crippen molar-refractivity contribution >= 4 is 11.6 Å². The molecule has 2 rings (SSSR count). The minimum atomic E-state index is 0.623. The van der Waals surface area contributed by atoms with E-state index in [0.29, 0.717) is 12.4 Å². The average molecular weight is 272 g/mol. The summed E-state index contributed by atoms with van der Waals surface area (Å²) in [6.07, 6.45) is 2.88. The Balaban J connectivity index is 1.92. The van der Waals surface area contributed by atoms with E-state index in [9.17, 15) is 0 Å². The van der Waals surface area contributed by atoms with Crippen molar-refractivity contribution in [3.63, 3.8) is 0 Å². The molecule has 0 amide bonds. The largest absolute Gasteiger partial charge is 0.481 e. The second-order valence-electron chi connectivity index (χ2n) is 4.40. The molecule has 0 bridgehead atoms. The van der Waals surface area contributed by atoms with Gasteiger partial charge in [-0.15, -0.1) is 0 Å². The first-order valence-corrected chi connectivity index (χ1v) is 6.75. The van der Waals surface area contributed by atoms with Crippen LogP contribution in [0.2, 0.25) is 0 Å². The van der Waals surface area contributed by atoms with E-state index >= 15 is 0 Å². The quantitative estimate of drug-likeness (QED) is 0.811. The van der Waals surface area contributed by atoms with Crippen molar-refractivity contribution in [3.05, 3.63) is 42.1 Å². The summed E-state index contributed by atoms with van der Waals surface area (Å²) in [7, 11) is 1.61. The first-order valence-electron chi connectivity index (χ1n) is 6.75. The van der Waals surface area contributed by atoms with E-state index in [1.807, 2.05) is 30.3 Å². The van der Waals surface area contributed by atoms with E-state index in [1.165, 1.54) is 0 Å². The highest BCUT2D eigenvalue weighted by Crippen LogP contribution is 2.12. The highest BCUT2D eigenvalue weighted by Gasteiger charge is 1.99. The zero-order valence-corrected chi connectivity index (χ0v) is 11.9. The van der Waals surface area contributed by atoms with Crippen molar-refractivity contribution in [1.29, 1.82) is 0 Å². The van der Waals surface area contributed by atoms with Crippen LogP contribution in [0.3, 0.4) is 0 Å². The number of ether oxygens (including phenoxy) is 1. The maximum absolute atomic E-state index is 5.03. The van der Waals surface area contributed by atoms with E-state index in [1.54, 1.807) is 13.3 Å². The fourth-order valence-corrected chi connectivity index (χ4v) is 1.71. The Morgan fingerprint density at radius 2 is 1.90 bits per heavy atom. The number of hydrogen-bond acceptors (Lipinski definition) is 5. The summed E-state index contributed by atoms with van der Waals surface area (Å²) in [5, 5.41) is 6.55. The van der Waals surface area contributed by atoms with Crippen LogP contribution in [-0.2, 0) is 6.54 Å². The van der Waals surface area contributed by atoms with Gasteiger partial charge in [0.15, 0.2) is 0 Å². The second kappa shape index (κ2) is 7.33. The molecule has 5 heteroatoms. The topological polar surface area (TPSA) is 59.1 Å². The zero-order chi connectivity index (χ0) is 14.2. The normalized spacial score (nSPS) is 10.1. The molecule has 2 heterocycles. The molecule has 20 heavy (non-hydrogen) atoms. The molecular formula is C15H20N4O. The molecule has 0 aliphatic heterocycles. The molecule has 0 unspecified atom stereocenters. The Hall–Kier alpha value is -2.30. The number of methoxy groups -OCH3 is 1. The molecule has 0 saturated carbocycles. The van der Waals surface area contributed by atoms with Crippen LogP contribution in [0.15, 0.2) is 36.5 Å². The standard InChI is InChI=1S/C15H20N4O/c1-3-9-16-13-5-4-6-14(19-13)17-10-12-7-8-15(20-2)18-11-12/h4-8,11H,3,9-10H2,1-2H3,(H2,16,17,19). The lowest BCUT2D eigenvalue weighted by Crippen LogP contribution is -2.05. The molecule has 2 aromatic heterocycles. The fraction of sp³-hybridized carbons (Fsp3) is 0.333. The monoisotopic (exact) mass is 272 g/mol. The van der Waals surface area contributed by atoms with E-state index in [0.717, 1.165) is 30.2 Å². The Labute approximate surface area is 119 Å². The molecule has 0 aliphatic carbocycles. The minimum Gasteiger partial charge on any atom is -0.481 e. The van der Waals surface area contributed by atoms with Crippen LogP contribution in [0, 0.1) is 0 Å². The molecule has 0 radical (unpaired) electrons. The Morgan fingerprint density at radius 3 is 2.55 bits per heavy atom. The smallest absolute Gasteiger partial charge is 0.212 e. The van der Waals surface area contributed by atoms with E-state index in [4.69, 9.17) is 4.74 Å². The van der Waals surface area contributed by atoms with Crippen molar-refractivity contribution in [1.82, 2.24) is 9.97 Å². The predicted octanol–water partition coefficient (Wildman–Crippen LogP) is 2.92. The van der Waals surface area contributed by atoms with Crippen molar-refractivity contribution < 1.29 is 4.74 Å². The van der Waals surface area contributed by atoms with E-state index < -0.39 is 0 Å². The van der Waals surface area contributed by atoms with Crippen LogP contribution >= 0.6 is 0 Å². The van der Waals surface area contributed by atoms with Gasteiger partial charge in [-0.25, -0.2) is 9.97 Å². The third-order valence-corrected chi connectivity index (χ3v) is 2.79. The second-order valence-corrected chi connectivity index (χ2v) is 4.40. The van der Waals surface area contributed by atoms with Crippen LogP contribution in [0.25, 0.3) is 0 Å². The maximum atomic E-state index is 5.03. The summed E-state index contributed by atoms with van der Waals surface area (Å²) < 4.78 is 5.03. The van der Waals surface area contributed by atoms with Crippen LogP contribution in [-0.4, -0.2) is 23.6 Å². The van der Waals surface area contributed by atoms with Crippen LogP contribution in [0.4, 0.5) is 11.6 Å². The lowest BCUT2D eigenvalue weighted by molar-refractivity contribution is 0.397. The Kier molecular flexibility index (Phi) is 5.17. The van der Waals surface area contributed by atoms with Crippen molar-refractivity contribution in [2.24, 2.45) is 0 Å². The van der Waals surface area contributed by atoms with Gasteiger partial charge in [-0.05, 0) is 24.1 Å². The molecular weight excluding hydrogens is 252 g/mol. The molecule has 0 atom stereocenters. The van der Waals surface area contributed by atoms with Gasteiger partial charge < -0.3 is 15.4 Å². The third kappa shape index (κ3) is 4.12. The van der Waals surface area contributed by atoms with E-state index in [-0.39, 0.29) is 0 Å². The minimum absolute atomic E-state index is 0.623. The van der Waals surface area contributed by atoms with Crippen molar-refractivity contribution in [2.45, 2.75) is 19.9 Å². The van der Waals surface area contributed by atoms with Crippen LogP contribution in [0.1, 0.15) is 18.9 Å². The number of rotatable bonds is 7. The number of nitrogens with one attached hydrogen (secondary N) is 2. The molecule has 106 valence electrons. The van der Waals surface area contributed by atoms with Gasteiger partial charge in [0.05, 0.1) is 7.11 Å². The summed E-state index contributed by atoms with van der Waals surface area (Å²) >= 11 is 0. The van der Waals surface area contributed by atoms with Gasteiger partial charge in [0.1, 0.15) is 11.6 Å². The molecule has 0 saturated heterocycles. The Morgan fingerprint density at radius 1 is 1.10 bits per heavy atom. The van der Waals surface area contributed by atoms with Gasteiger partial charge in [-0.1, -0.05) is 19.1 Å². The summed E-state index contributed by atoms with van der Waals surface area (Å²) in [4.78, 5) is 8.66. The maximum Gasteiger partial charge on any atom is 0.212 e. The first-order chi connectivity index (χ1) is 9.81. The number of aromatic nitrogens is 2. The Bertz CT molecular complexity index is 528. The molecule has 0 aromatic carbocycles. The molecule has 2 N–H and O–H groups in total. The van der Waals surface area contributed by atoms with Gasteiger partial charge in [-0.3, -0.25) is 0 Å². The number of pyridine rings is 2. The summed E-state index contributed by atoms with van der Waals surface area (Å²) in [6.45, 7) is 3.74. The van der Waals surface area contributed by atoms with Crippen molar-refractivity contribution in [2.75, 3.05) is 24.3 Å². The summed E-state index contributed by atoms with van der Waals surface area (Å²) in [5.74, 6) is 2.37. The lowest BCUT2D eigenvalue weighted by Gasteiger charge is -2.09. The van der Waals surface area contributed by atoms with Gasteiger partial charge in [-0.2, -0.15) is 0 Å². The lowest BCUT2D eigenvalue weighted by atomic mass is 10.3. The third-order valence-electron chi connectivity index (χ3n) is 2.79. The molecule has 5 nitrogen and oxygen atoms in total. The van der Waals surface area contributed by atoms with Gasteiger partial charge in [0.25, 0.3) is 0 Å². The highest BCUT2D eigenvalue weighted by atomic mass is 16.5. The first kappa shape index (κ1) is 14.1. The van der Waals surface area contributed by atoms with Gasteiger partial charge in [0, 0.05) is 25.4 Å². The number of hydrogen-bond donors (Lipinski definition) is 2. The van der Waals surface area contributed by atoms with Crippen molar-refractivity contribution in [3.8, 4) is 5.88 Å². The fourth-order valence-electron chi connectivity index (χ4n) is 1.71. The van der Waals surface area contributed by atoms with E-state index in [2.05, 4.69) is 27.5 Å². The SMILES string of the molecule is CCCNc1cccc(NCc2ccc(OC)nc2)n1. The molecule has 0 aliphatic rings. The van der Waals surface area contributed by atoms with Gasteiger partial charge >= 0.3 is 0 Å². The average Bonchev–Trinajstić information content (AvgIpc) is 2.52. The van der Waals surface area contributed by atoms with Crippen LogP contribution < -0.4 is 15.4 Å². The molecule has 2 aromatic rings. The molecule has 0 fully saturated rings. The summed E-state index contributed by atoms with van der Waals surface area (Å²) in [6, 6.07) is 9.74. The summed E-state index contributed by atoms with van der Waals surface area (Å²) in [5.41, 5.74) is 1.08.